The van der Waals surface area contributed by atoms with Crippen LogP contribution in [-0.2, 0) is 4.79 Å². The number of para-hydroxylation sites is 1. The number of rotatable bonds is 3. The molecule has 1 aromatic carbocycles. The Balaban J connectivity index is 2.18. The Hall–Kier alpha value is -1.84. The molecule has 0 aromatic heterocycles. The van der Waals surface area contributed by atoms with Crippen LogP contribution in [0.15, 0.2) is 24.3 Å². The fourth-order valence-corrected chi connectivity index (χ4v) is 2.46. The third-order valence-electron chi connectivity index (χ3n) is 3.65. The van der Waals surface area contributed by atoms with Crippen LogP contribution in [0.3, 0.4) is 0 Å². The minimum Gasteiger partial charge on any atom is -0.339 e. The molecule has 1 aliphatic rings. The lowest BCUT2D eigenvalue weighted by molar-refractivity contribution is -0.115. The molecule has 0 radical (unpaired) electrons. The maximum Gasteiger partial charge on any atom is 0.255 e. The molecule has 0 unspecified atom stereocenters. The molecule has 1 heterocycles. The molecule has 108 valence electrons. The van der Waals surface area contributed by atoms with Crippen LogP contribution in [0.1, 0.15) is 49.4 Å². The van der Waals surface area contributed by atoms with Crippen molar-refractivity contribution in [1.82, 2.24) is 4.90 Å². The van der Waals surface area contributed by atoms with E-state index in [0.29, 0.717) is 17.7 Å². The van der Waals surface area contributed by atoms with E-state index in [4.69, 9.17) is 0 Å². The predicted octanol–water partition coefficient (Wildman–Crippen LogP) is 3.05. The van der Waals surface area contributed by atoms with Crippen molar-refractivity contribution in [3.63, 3.8) is 0 Å². The minimum absolute atomic E-state index is 0.0268. The van der Waals surface area contributed by atoms with Crippen LogP contribution in [0.5, 0.6) is 0 Å². The fourth-order valence-electron chi connectivity index (χ4n) is 2.46. The number of likely N-dealkylation sites (tertiary alicyclic amines) is 1. The van der Waals surface area contributed by atoms with Crippen LogP contribution in [0.25, 0.3) is 0 Å². The zero-order valence-corrected chi connectivity index (χ0v) is 12.0. The van der Waals surface area contributed by atoms with Gasteiger partial charge in [-0.1, -0.05) is 31.9 Å². The molecule has 4 nitrogen and oxygen atoms in total. The summed E-state index contributed by atoms with van der Waals surface area (Å²) in [6.45, 7) is 3.43. The number of benzene rings is 1. The number of hydrogen-bond acceptors (Lipinski definition) is 2. The van der Waals surface area contributed by atoms with Crippen molar-refractivity contribution in [2.45, 2.75) is 39.0 Å². The molecular formula is C16H22N2O2. The van der Waals surface area contributed by atoms with E-state index in [-0.39, 0.29) is 11.8 Å². The number of anilines is 1. The summed E-state index contributed by atoms with van der Waals surface area (Å²) in [4.78, 5) is 26.1. The Labute approximate surface area is 120 Å². The summed E-state index contributed by atoms with van der Waals surface area (Å²) < 4.78 is 0. The Kier molecular flexibility index (Phi) is 5.16. The van der Waals surface area contributed by atoms with Crippen LogP contribution >= 0.6 is 0 Å². The SMILES string of the molecule is CCC(=O)Nc1ccccc1C(=O)N1CCCCCC1. The zero-order chi connectivity index (χ0) is 14.4. The van der Waals surface area contributed by atoms with E-state index in [1.54, 1.807) is 19.1 Å². The first-order valence-corrected chi connectivity index (χ1v) is 7.40. The van der Waals surface area contributed by atoms with Gasteiger partial charge in [0.1, 0.15) is 0 Å². The Morgan fingerprint density at radius 3 is 2.40 bits per heavy atom. The van der Waals surface area contributed by atoms with Crippen LogP contribution < -0.4 is 5.32 Å². The van der Waals surface area contributed by atoms with Gasteiger partial charge in [-0.2, -0.15) is 0 Å². The van der Waals surface area contributed by atoms with Crippen molar-refractivity contribution in [3.8, 4) is 0 Å². The van der Waals surface area contributed by atoms with E-state index >= 15 is 0 Å². The van der Waals surface area contributed by atoms with Crippen molar-refractivity contribution in [2.75, 3.05) is 18.4 Å². The van der Waals surface area contributed by atoms with Gasteiger partial charge in [0.2, 0.25) is 5.91 Å². The zero-order valence-electron chi connectivity index (χ0n) is 12.0. The standard InChI is InChI=1S/C16H22N2O2/c1-2-15(19)17-14-10-6-5-9-13(14)16(20)18-11-7-3-4-8-12-18/h5-6,9-10H,2-4,7-8,11-12H2,1H3,(H,17,19). The Morgan fingerprint density at radius 2 is 1.75 bits per heavy atom. The van der Waals surface area contributed by atoms with Crippen molar-refractivity contribution in [2.24, 2.45) is 0 Å². The normalized spacial score (nSPS) is 15.6. The highest BCUT2D eigenvalue weighted by molar-refractivity contribution is 6.03. The van der Waals surface area contributed by atoms with Crippen molar-refractivity contribution in [3.05, 3.63) is 29.8 Å². The third kappa shape index (κ3) is 3.59. The summed E-state index contributed by atoms with van der Waals surface area (Å²) in [5.41, 5.74) is 1.21. The topological polar surface area (TPSA) is 49.4 Å². The van der Waals surface area contributed by atoms with E-state index < -0.39 is 0 Å². The molecule has 4 heteroatoms. The molecule has 0 spiro atoms. The van der Waals surface area contributed by atoms with E-state index in [1.807, 2.05) is 17.0 Å². The smallest absolute Gasteiger partial charge is 0.255 e. The van der Waals surface area contributed by atoms with Gasteiger partial charge < -0.3 is 10.2 Å². The van der Waals surface area contributed by atoms with Crippen molar-refractivity contribution < 1.29 is 9.59 Å². The predicted molar refractivity (Wildman–Crippen MR) is 79.7 cm³/mol. The molecular weight excluding hydrogens is 252 g/mol. The summed E-state index contributed by atoms with van der Waals surface area (Å²) in [5.74, 6) is -0.0416. The maximum absolute atomic E-state index is 12.6. The van der Waals surface area contributed by atoms with E-state index in [0.717, 1.165) is 25.9 Å². The Bertz CT molecular complexity index is 477. The van der Waals surface area contributed by atoms with Gasteiger partial charge in [-0.3, -0.25) is 9.59 Å². The van der Waals surface area contributed by atoms with Crippen LogP contribution in [-0.4, -0.2) is 29.8 Å². The average molecular weight is 274 g/mol. The fraction of sp³-hybridized carbons (Fsp3) is 0.500. The van der Waals surface area contributed by atoms with E-state index in [2.05, 4.69) is 5.32 Å². The maximum atomic E-state index is 12.6. The van der Waals surface area contributed by atoms with Gasteiger partial charge in [0.25, 0.3) is 5.91 Å². The lowest BCUT2D eigenvalue weighted by Gasteiger charge is -2.21. The number of carbonyl (C=O) groups excluding carboxylic acids is 2. The number of nitrogens with one attached hydrogen (secondary N) is 1. The van der Waals surface area contributed by atoms with Crippen LogP contribution in [0.4, 0.5) is 5.69 Å². The summed E-state index contributed by atoms with van der Waals surface area (Å²) in [5, 5.41) is 2.81. The highest BCUT2D eigenvalue weighted by Gasteiger charge is 2.20. The number of carbonyl (C=O) groups is 2. The van der Waals surface area contributed by atoms with Gasteiger partial charge in [0.15, 0.2) is 0 Å². The van der Waals surface area contributed by atoms with Crippen LogP contribution in [0.2, 0.25) is 0 Å². The first kappa shape index (κ1) is 14.6. The second-order valence-electron chi connectivity index (χ2n) is 5.15. The molecule has 1 fully saturated rings. The second kappa shape index (κ2) is 7.08. The van der Waals surface area contributed by atoms with Gasteiger partial charge >= 0.3 is 0 Å². The summed E-state index contributed by atoms with van der Waals surface area (Å²) >= 11 is 0. The molecule has 0 aliphatic carbocycles. The molecule has 1 N–H and O–H groups in total. The molecule has 20 heavy (non-hydrogen) atoms. The molecule has 1 aliphatic heterocycles. The molecule has 1 saturated heterocycles. The number of hydrogen-bond donors (Lipinski definition) is 1. The molecule has 1 aromatic rings. The van der Waals surface area contributed by atoms with Gasteiger partial charge in [0.05, 0.1) is 11.3 Å². The van der Waals surface area contributed by atoms with Crippen molar-refractivity contribution >= 4 is 17.5 Å². The molecule has 2 amide bonds. The largest absolute Gasteiger partial charge is 0.339 e. The second-order valence-corrected chi connectivity index (χ2v) is 5.15. The Morgan fingerprint density at radius 1 is 1.10 bits per heavy atom. The third-order valence-corrected chi connectivity index (χ3v) is 3.65. The summed E-state index contributed by atoms with van der Waals surface area (Å²) in [6.07, 6.45) is 4.92. The molecule has 0 atom stereocenters. The number of amides is 2. The quantitative estimate of drug-likeness (QED) is 0.921. The van der Waals surface area contributed by atoms with Crippen molar-refractivity contribution in [1.29, 1.82) is 0 Å². The molecule has 2 rings (SSSR count). The first-order chi connectivity index (χ1) is 9.72. The molecule has 0 bridgehead atoms. The van der Waals surface area contributed by atoms with Gasteiger partial charge in [-0.05, 0) is 25.0 Å². The highest BCUT2D eigenvalue weighted by Crippen LogP contribution is 2.20. The molecule has 0 saturated carbocycles. The average Bonchev–Trinajstić information content (AvgIpc) is 2.76. The van der Waals surface area contributed by atoms with Gasteiger partial charge in [-0.25, -0.2) is 0 Å². The van der Waals surface area contributed by atoms with E-state index in [1.165, 1.54) is 12.8 Å². The summed E-state index contributed by atoms with van der Waals surface area (Å²) in [7, 11) is 0. The van der Waals surface area contributed by atoms with Crippen LogP contribution in [0, 0.1) is 0 Å². The van der Waals surface area contributed by atoms with E-state index in [9.17, 15) is 9.59 Å². The lowest BCUT2D eigenvalue weighted by atomic mass is 10.1. The highest BCUT2D eigenvalue weighted by atomic mass is 16.2. The van der Waals surface area contributed by atoms with Gasteiger partial charge in [-0.15, -0.1) is 0 Å². The summed E-state index contributed by atoms with van der Waals surface area (Å²) in [6, 6.07) is 7.26. The number of nitrogens with zero attached hydrogens (tertiary/aromatic N) is 1. The van der Waals surface area contributed by atoms with Gasteiger partial charge in [0, 0.05) is 19.5 Å². The first-order valence-electron chi connectivity index (χ1n) is 7.40. The lowest BCUT2D eigenvalue weighted by Crippen LogP contribution is -2.32. The minimum atomic E-state index is -0.0684. The monoisotopic (exact) mass is 274 g/mol.